The number of ether oxygens (including phenoxy) is 1. The van der Waals surface area contributed by atoms with Gasteiger partial charge in [0.1, 0.15) is 5.75 Å². The first-order valence-electron chi connectivity index (χ1n) is 9.61. The van der Waals surface area contributed by atoms with Gasteiger partial charge in [-0.3, -0.25) is 24.6 Å². The summed E-state index contributed by atoms with van der Waals surface area (Å²) < 4.78 is 5.74. The molecule has 8 heteroatoms. The molecule has 1 fully saturated rings. The lowest BCUT2D eigenvalue weighted by Gasteiger charge is -2.13. The standard InChI is InChI=1S/C23H18N2O5S/c1-2-30-20-12-11-15-7-3-5-9-17(15)18(20)13-21-22(26)24(23(27)31-21)14-16-8-4-6-10-19(16)25(28)29/h3-13H,2,14H2,1H3/b21-13+. The molecule has 1 heterocycles. The highest BCUT2D eigenvalue weighted by Gasteiger charge is 2.36. The number of nitrogens with zero attached hydrogens (tertiary/aromatic N) is 2. The first-order valence-corrected chi connectivity index (χ1v) is 10.4. The van der Waals surface area contributed by atoms with E-state index < -0.39 is 16.1 Å². The number of imide groups is 1. The topological polar surface area (TPSA) is 89.8 Å². The summed E-state index contributed by atoms with van der Waals surface area (Å²) in [7, 11) is 0. The van der Waals surface area contributed by atoms with Crippen molar-refractivity contribution in [3.63, 3.8) is 0 Å². The molecule has 1 saturated heterocycles. The van der Waals surface area contributed by atoms with Crippen molar-refractivity contribution in [2.45, 2.75) is 13.5 Å². The number of amides is 2. The number of benzene rings is 3. The normalized spacial score (nSPS) is 15.1. The van der Waals surface area contributed by atoms with Crippen molar-refractivity contribution in [2.75, 3.05) is 6.61 Å². The molecule has 0 aliphatic carbocycles. The largest absolute Gasteiger partial charge is 0.493 e. The van der Waals surface area contributed by atoms with Crippen LogP contribution in [0, 0.1) is 10.1 Å². The summed E-state index contributed by atoms with van der Waals surface area (Å²) in [4.78, 5) is 37.6. The fourth-order valence-electron chi connectivity index (χ4n) is 3.47. The third kappa shape index (κ3) is 4.02. The zero-order valence-electron chi connectivity index (χ0n) is 16.6. The summed E-state index contributed by atoms with van der Waals surface area (Å²) in [5.41, 5.74) is 0.894. The van der Waals surface area contributed by atoms with Crippen molar-refractivity contribution >= 4 is 45.4 Å². The maximum absolute atomic E-state index is 13.0. The number of fused-ring (bicyclic) bond motifs is 1. The first-order chi connectivity index (χ1) is 15.0. The zero-order chi connectivity index (χ0) is 22.0. The Morgan fingerprint density at radius 3 is 2.58 bits per heavy atom. The van der Waals surface area contributed by atoms with Gasteiger partial charge in [0.2, 0.25) is 0 Å². The molecule has 0 unspecified atom stereocenters. The molecule has 0 atom stereocenters. The van der Waals surface area contributed by atoms with Gasteiger partial charge in [0, 0.05) is 17.2 Å². The second-order valence-electron chi connectivity index (χ2n) is 6.79. The highest BCUT2D eigenvalue weighted by Crippen LogP contribution is 2.38. The molecule has 156 valence electrons. The molecule has 0 radical (unpaired) electrons. The number of hydrogen-bond acceptors (Lipinski definition) is 6. The van der Waals surface area contributed by atoms with Gasteiger partial charge in [0.25, 0.3) is 16.8 Å². The first kappa shape index (κ1) is 20.6. The van der Waals surface area contributed by atoms with Gasteiger partial charge >= 0.3 is 0 Å². The van der Waals surface area contributed by atoms with Gasteiger partial charge in [-0.1, -0.05) is 48.5 Å². The van der Waals surface area contributed by atoms with Crippen molar-refractivity contribution in [1.29, 1.82) is 0 Å². The Morgan fingerprint density at radius 1 is 1.06 bits per heavy atom. The zero-order valence-corrected chi connectivity index (χ0v) is 17.4. The van der Waals surface area contributed by atoms with Gasteiger partial charge in [-0.15, -0.1) is 0 Å². The van der Waals surface area contributed by atoms with E-state index in [0.717, 1.165) is 33.0 Å². The van der Waals surface area contributed by atoms with Crippen LogP contribution in [-0.2, 0) is 11.3 Å². The summed E-state index contributed by atoms with van der Waals surface area (Å²) in [6, 6.07) is 17.6. The minimum Gasteiger partial charge on any atom is -0.493 e. The molecule has 3 aromatic carbocycles. The van der Waals surface area contributed by atoms with Gasteiger partial charge in [-0.2, -0.15) is 0 Å². The number of nitro groups is 1. The van der Waals surface area contributed by atoms with Crippen molar-refractivity contribution in [3.8, 4) is 5.75 Å². The van der Waals surface area contributed by atoms with E-state index in [0.29, 0.717) is 17.9 Å². The monoisotopic (exact) mass is 434 g/mol. The lowest BCUT2D eigenvalue weighted by atomic mass is 10.0. The van der Waals surface area contributed by atoms with Crippen LogP contribution in [0.3, 0.4) is 0 Å². The average Bonchev–Trinajstić information content (AvgIpc) is 3.03. The van der Waals surface area contributed by atoms with Gasteiger partial charge in [-0.25, -0.2) is 0 Å². The van der Waals surface area contributed by atoms with Crippen LogP contribution in [0.4, 0.5) is 10.5 Å². The summed E-state index contributed by atoms with van der Waals surface area (Å²) in [6.07, 6.45) is 1.66. The number of rotatable bonds is 6. The maximum atomic E-state index is 13.0. The van der Waals surface area contributed by atoms with Crippen LogP contribution in [0.15, 0.2) is 65.6 Å². The molecule has 1 aliphatic heterocycles. The average molecular weight is 434 g/mol. The SMILES string of the molecule is CCOc1ccc2ccccc2c1/C=C1/SC(=O)N(Cc2ccccc2[N+](=O)[O-])C1=O. The number of carbonyl (C=O) groups is 2. The number of thioether (sulfide) groups is 1. The minimum absolute atomic E-state index is 0.127. The van der Waals surface area contributed by atoms with E-state index in [9.17, 15) is 19.7 Å². The highest BCUT2D eigenvalue weighted by molar-refractivity contribution is 8.18. The van der Waals surface area contributed by atoms with E-state index in [1.165, 1.54) is 6.07 Å². The number of hydrogen-bond donors (Lipinski definition) is 0. The van der Waals surface area contributed by atoms with Gasteiger partial charge in [0.15, 0.2) is 0 Å². The Morgan fingerprint density at radius 2 is 1.81 bits per heavy atom. The number of nitro benzene ring substituents is 1. The van der Waals surface area contributed by atoms with Gasteiger partial charge < -0.3 is 4.74 Å². The number of carbonyl (C=O) groups excluding carboxylic acids is 2. The summed E-state index contributed by atoms with van der Waals surface area (Å²) in [5.74, 6) is 0.134. The minimum atomic E-state index is -0.519. The fourth-order valence-corrected chi connectivity index (χ4v) is 4.29. The van der Waals surface area contributed by atoms with Crippen LogP contribution in [0.25, 0.3) is 16.8 Å². The van der Waals surface area contributed by atoms with E-state index in [-0.39, 0.29) is 17.1 Å². The molecule has 0 bridgehead atoms. The molecule has 0 aromatic heterocycles. The van der Waals surface area contributed by atoms with Crippen molar-refractivity contribution in [3.05, 3.63) is 86.8 Å². The molecule has 0 spiro atoms. The maximum Gasteiger partial charge on any atom is 0.293 e. The van der Waals surface area contributed by atoms with Gasteiger partial charge in [-0.05, 0) is 41.6 Å². The molecule has 0 saturated carbocycles. The molecule has 0 N–H and O–H groups in total. The van der Waals surface area contributed by atoms with Crippen LogP contribution in [0.5, 0.6) is 5.75 Å². The van der Waals surface area contributed by atoms with Crippen molar-refractivity contribution in [1.82, 2.24) is 4.90 Å². The summed E-state index contributed by atoms with van der Waals surface area (Å²) in [6.45, 7) is 2.17. The van der Waals surface area contributed by atoms with Crippen LogP contribution in [-0.4, -0.2) is 27.6 Å². The Labute approximate surface area is 182 Å². The molecule has 3 aromatic rings. The van der Waals surface area contributed by atoms with E-state index in [4.69, 9.17) is 4.74 Å². The molecule has 1 aliphatic rings. The fraction of sp³-hybridized carbons (Fsp3) is 0.130. The lowest BCUT2D eigenvalue weighted by Crippen LogP contribution is -2.27. The molecule has 7 nitrogen and oxygen atoms in total. The van der Waals surface area contributed by atoms with E-state index >= 15 is 0 Å². The molecule has 31 heavy (non-hydrogen) atoms. The predicted molar refractivity (Wildman–Crippen MR) is 120 cm³/mol. The Bertz CT molecular complexity index is 1240. The third-order valence-electron chi connectivity index (χ3n) is 4.90. The Balaban J connectivity index is 1.72. The van der Waals surface area contributed by atoms with E-state index in [1.54, 1.807) is 24.3 Å². The quantitative estimate of drug-likeness (QED) is 0.294. The van der Waals surface area contributed by atoms with Crippen LogP contribution < -0.4 is 4.74 Å². The smallest absolute Gasteiger partial charge is 0.293 e. The summed E-state index contributed by atoms with van der Waals surface area (Å²) >= 11 is 0.819. The number of para-hydroxylation sites is 1. The van der Waals surface area contributed by atoms with Crippen LogP contribution in [0.1, 0.15) is 18.1 Å². The molecule has 2 amide bonds. The second-order valence-corrected chi connectivity index (χ2v) is 7.78. The Hall–Kier alpha value is -3.65. The van der Waals surface area contributed by atoms with Crippen LogP contribution >= 0.6 is 11.8 Å². The second kappa shape index (κ2) is 8.61. The Kier molecular flexibility index (Phi) is 5.73. The molecule has 4 rings (SSSR count). The molecular weight excluding hydrogens is 416 g/mol. The van der Waals surface area contributed by atoms with Crippen molar-refractivity contribution < 1.29 is 19.2 Å². The van der Waals surface area contributed by atoms with Gasteiger partial charge in [0.05, 0.1) is 23.0 Å². The summed E-state index contributed by atoms with van der Waals surface area (Å²) in [5, 5.41) is 12.7. The lowest BCUT2D eigenvalue weighted by molar-refractivity contribution is -0.385. The van der Waals surface area contributed by atoms with Crippen LogP contribution in [0.2, 0.25) is 0 Å². The predicted octanol–water partition coefficient (Wildman–Crippen LogP) is 5.38. The van der Waals surface area contributed by atoms with E-state index in [1.807, 2.05) is 43.3 Å². The van der Waals surface area contributed by atoms with Crippen molar-refractivity contribution in [2.24, 2.45) is 0 Å². The third-order valence-corrected chi connectivity index (χ3v) is 5.80. The van der Waals surface area contributed by atoms with E-state index in [2.05, 4.69) is 0 Å². The molecular formula is C23H18N2O5S. The highest BCUT2D eigenvalue weighted by atomic mass is 32.2.